The van der Waals surface area contributed by atoms with E-state index in [2.05, 4.69) is 27.1 Å². The number of anilines is 2. The molecule has 0 bridgehead atoms. The van der Waals surface area contributed by atoms with E-state index >= 15 is 0 Å². The zero-order valence-electron chi connectivity index (χ0n) is 12.4. The third-order valence-corrected chi connectivity index (χ3v) is 4.34. The predicted molar refractivity (Wildman–Crippen MR) is 90.3 cm³/mol. The average molecular weight is 324 g/mol. The van der Waals surface area contributed by atoms with E-state index in [0.717, 1.165) is 6.42 Å². The van der Waals surface area contributed by atoms with Gasteiger partial charge in [0.25, 0.3) is 5.91 Å². The molecule has 0 saturated carbocycles. The first kappa shape index (κ1) is 15.8. The molecule has 2 heterocycles. The van der Waals surface area contributed by atoms with E-state index in [1.165, 1.54) is 16.9 Å². The van der Waals surface area contributed by atoms with Crippen molar-refractivity contribution in [1.29, 1.82) is 0 Å². The van der Waals surface area contributed by atoms with Gasteiger partial charge in [-0.2, -0.15) is 11.3 Å². The van der Waals surface area contributed by atoms with Gasteiger partial charge in [0.05, 0.1) is 0 Å². The van der Waals surface area contributed by atoms with Crippen molar-refractivity contribution >= 4 is 39.5 Å². The van der Waals surface area contributed by atoms with Crippen LogP contribution in [0.1, 0.15) is 36.0 Å². The molecule has 114 valence electrons. The van der Waals surface area contributed by atoms with E-state index in [1.807, 2.05) is 26.2 Å². The first-order valence-electron chi connectivity index (χ1n) is 6.69. The maximum atomic E-state index is 12.1. The Morgan fingerprint density at radius 1 is 1.43 bits per heavy atom. The van der Waals surface area contributed by atoms with Crippen molar-refractivity contribution in [2.45, 2.75) is 32.7 Å². The lowest BCUT2D eigenvalue weighted by atomic mass is 10.1. The van der Waals surface area contributed by atoms with E-state index in [9.17, 15) is 4.79 Å². The van der Waals surface area contributed by atoms with Crippen LogP contribution in [0.4, 0.5) is 10.9 Å². The number of thiophene rings is 1. The number of aromatic nitrogens is 1. The Labute approximate surface area is 132 Å². The molecule has 0 saturated heterocycles. The number of carbonyl (C=O) groups is 1. The zero-order valence-corrected chi connectivity index (χ0v) is 14.0. The summed E-state index contributed by atoms with van der Waals surface area (Å²) in [7, 11) is 0. The van der Waals surface area contributed by atoms with Crippen molar-refractivity contribution in [3.63, 3.8) is 0 Å². The lowest BCUT2D eigenvalue weighted by molar-refractivity contribution is 0.0959. The molecule has 0 radical (unpaired) electrons. The Kier molecular flexibility index (Phi) is 4.84. The van der Waals surface area contributed by atoms with Gasteiger partial charge in [0.2, 0.25) is 0 Å². The quantitative estimate of drug-likeness (QED) is 0.790. The van der Waals surface area contributed by atoms with Crippen LogP contribution in [0.3, 0.4) is 0 Å². The number of thiazole rings is 1. The summed E-state index contributed by atoms with van der Waals surface area (Å²) < 4.78 is 0. The Balaban J connectivity index is 1.92. The fourth-order valence-corrected chi connectivity index (χ4v) is 3.42. The molecule has 0 aliphatic heterocycles. The monoisotopic (exact) mass is 324 g/mol. The zero-order chi connectivity index (χ0) is 15.5. The van der Waals surface area contributed by atoms with Gasteiger partial charge >= 0.3 is 0 Å². The summed E-state index contributed by atoms with van der Waals surface area (Å²) in [6, 6.07) is 2.06. The maximum absolute atomic E-state index is 12.1. The SMILES string of the molecule is CC(C)(C)Nc1nc(N)c(C(=O)NCCc2ccsc2)s1. The smallest absolute Gasteiger partial charge is 0.265 e. The van der Waals surface area contributed by atoms with Gasteiger partial charge in [0, 0.05) is 12.1 Å². The maximum Gasteiger partial charge on any atom is 0.265 e. The molecule has 21 heavy (non-hydrogen) atoms. The highest BCUT2D eigenvalue weighted by atomic mass is 32.1. The summed E-state index contributed by atoms with van der Waals surface area (Å²) >= 11 is 2.94. The van der Waals surface area contributed by atoms with Crippen LogP contribution >= 0.6 is 22.7 Å². The van der Waals surface area contributed by atoms with Crippen molar-refractivity contribution in [3.8, 4) is 0 Å². The van der Waals surface area contributed by atoms with E-state index in [-0.39, 0.29) is 17.3 Å². The summed E-state index contributed by atoms with van der Waals surface area (Å²) in [5.74, 6) is 0.113. The second-order valence-electron chi connectivity index (χ2n) is 5.75. The van der Waals surface area contributed by atoms with Gasteiger partial charge in [-0.1, -0.05) is 11.3 Å². The van der Waals surface area contributed by atoms with E-state index in [0.29, 0.717) is 16.6 Å². The van der Waals surface area contributed by atoms with Crippen LogP contribution in [-0.4, -0.2) is 23.0 Å². The predicted octanol–water partition coefficient (Wildman–Crippen LogP) is 2.97. The molecule has 4 N–H and O–H groups in total. The van der Waals surface area contributed by atoms with Crippen molar-refractivity contribution in [1.82, 2.24) is 10.3 Å². The van der Waals surface area contributed by atoms with Gasteiger partial charge in [-0.15, -0.1) is 0 Å². The molecular weight excluding hydrogens is 304 g/mol. The van der Waals surface area contributed by atoms with Gasteiger partial charge in [-0.3, -0.25) is 4.79 Å². The summed E-state index contributed by atoms with van der Waals surface area (Å²) in [6.45, 7) is 6.69. The summed E-state index contributed by atoms with van der Waals surface area (Å²) in [4.78, 5) is 16.8. The van der Waals surface area contributed by atoms with E-state index in [4.69, 9.17) is 5.73 Å². The van der Waals surface area contributed by atoms with Gasteiger partial charge in [0.1, 0.15) is 10.7 Å². The highest BCUT2D eigenvalue weighted by Gasteiger charge is 2.18. The molecular formula is C14H20N4OS2. The molecule has 0 spiro atoms. The van der Waals surface area contributed by atoms with Crippen LogP contribution in [0.25, 0.3) is 0 Å². The highest BCUT2D eigenvalue weighted by Crippen LogP contribution is 2.27. The van der Waals surface area contributed by atoms with Crippen LogP contribution in [0.15, 0.2) is 16.8 Å². The molecule has 0 aliphatic carbocycles. The second-order valence-corrected chi connectivity index (χ2v) is 7.52. The van der Waals surface area contributed by atoms with Gasteiger partial charge < -0.3 is 16.4 Å². The lowest BCUT2D eigenvalue weighted by Crippen LogP contribution is -2.26. The van der Waals surface area contributed by atoms with Gasteiger partial charge in [0.15, 0.2) is 5.13 Å². The topological polar surface area (TPSA) is 80.0 Å². The minimum atomic E-state index is -0.165. The van der Waals surface area contributed by atoms with Crippen LogP contribution in [0.5, 0.6) is 0 Å². The number of nitrogens with zero attached hydrogens (tertiary/aromatic N) is 1. The van der Waals surface area contributed by atoms with Crippen LogP contribution in [-0.2, 0) is 6.42 Å². The molecule has 0 atom stereocenters. The van der Waals surface area contributed by atoms with Crippen molar-refractivity contribution in [3.05, 3.63) is 27.3 Å². The third-order valence-electron chi connectivity index (χ3n) is 2.62. The largest absolute Gasteiger partial charge is 0.382 e. The molecule has 5 nitrogen and oxygen atoms in total. The van der Waals surface area contributed by atoms with E-state index in [1.54, 1.807) is 11.3 Å². The molecule has 2 aromatic heterocycles. The number of nitrogens with one attached hydrogen (secondary N) is 2. The number of hydrogen-bond donors (Lipinski definition) is 3. The number of nitrogen functional groups attached to an aromatic ring is 1. The molecule has 0 aliphatic rings. The molecule has 0 aromatic carbocycles. The summed E-state index contributed by atoms with van der Waals surface area (Å²) in [6.07, 6.45) is 0.820. The molecule has 7 heteroatoms. The van der Waals surface area contributed by atoms with Crippen molar-refractivity contribution in [2.24, 2.45) is 0 Å². The van der Waals surface area contributed by atoms with Crippen LogP contribution in [0, 0.1) is 0 Å². The summed E-state index contributed by atoms with van der Waals surface area (Å²) in [5.41, 5.74) is 6.94. The van der Waals surface area contributed by atoms with Crippen molar-refractivity contribution < 1.29 is 4.79 Å². The Hall–Kier alpha value is -1.60. The standard InChI is InChI=1S/C14H20N4OS2/c1-14(2,3)18-13-17-11(15)10(21-13)12(19)16-6-4-9-5-7-20-8-9/h5,7-8H,4,6,15H2,1-3H3,(H,16,19)(H,17,18). The van der Waals surface area contributed by atoms with Gasteiger partial charge in [-0.05, 0) is 49.6 Å². The molecule has 0 unspecified atom stereocenters. The lowest BCUT2D eigenvalue weighted by Gasteiger charge is -2.19. The molecule has 1 amide bonds. The Morgan fingerprint density at radius 2 is 2.19 bits per heavy atom. The first-order valence-corrected chi connectivity index (χ1v) is 8.45. The average Bonchev–Trinajstić information content (AvgIpc) is 2.97. The minimum absolute atomic E-state index is 0.114. The van der Waals surface area contributed by atoms with Crippen molar-refractivity contribution in [2.75, 3.05) is 17.6 Å². The number of carbonyl (C=O) groups excluding carboxylic acids is 1. The number of rotatable bonds is 5. The Bertz CT molecular complexity index is 599. The molecule has 0 fully saturated rings. The highest BCUT2D eigenvalue weighted by molar-refractivity contribution is 7.18. The number of amides is 1. The Morgan fingerprint density at radius 3 is 2.81 bits per heavy atom. The molecule has 2 rings (SSSR count). The second kappa shape index (κ2) is 6.44. The minimum Gasteiger partial charge on any atom is -0.382 e. The number of hydrogen-bond acceptors (Lipinski definition) is 6. The van der Waals surface area contributed by atoms with Crippen LogP contribution < -0.4 is 16.4 Å². The van der Waals surface area contributed by atoms with Gasteiger partial charge in [-0.25, -0.2) is 4.98 Å². The normalized spacial score (nSPS) is 11.4. The summed E-state index contributed by atoms with van der Waals surface area (Å²) in [5, 5.41) is 10.9. The third kappa shape index (κ3) is 4.71. The molecule has 2 aromatic rings. The van der Waals surface area contributed by atoms with Crippen LogP contribution in [0.2, 0.25) is 0 Å². The van der Waals surface area contributed by atoms with E-state index < -0.39 is 0 Å². The first-order chi connectivity index (χ1) is 9.85. The number of nitrogens with two attached hydrogens (primary N) is 1. The fraction of sp³-hybridized carbons (Fsp3) is 0.429. The fourth-order valence-electron chi connectivity index (χ4n) is 1.70.